The Morgan fingerprint density at radius 3 is 2.26 bits per heavy atom. The fraction of sp³-hybridized carbons (Fsp3) is 0.529. The quantitative estimate of drug-likeness (QED) is 0.759. The van der Waals surface area contributed by atoms with E-state index in [-0.39, 0.29) is 17.1 Å². The number of nitrogens with zero attached hydrogens (tertiary/aromatic N) is 1. The van der Waals surface area contributed by atoms with Crippen LogP contribution in [-0.4, -0.2) is 5.78 Å². The first-order chi connectivity index (χ1) is 8.68. The molecule has 0 aliphatic heterocycles. The number of hydrogen-bond acceptors (Lipinski definition) is 2. The molecule has 1 unspecified atom stereocenters. The van der Waals surface area contributed by atoms with E-state index < -0.39 is 5.92 Å². The highest BCUT2D eigenvalue weighted by atomic mass is 16.1. The molecule has 0 aliphatic rings. The highest BCUT2D eigenvalue weighted by Crippen LogP contribution is 2.27. The van der Waals surface area contributed by atoms with Crippen molar-refractivity contribution in [2.75, 3.05) is 0 Å². The number of Topliss-reactive ketones (excluding diaryl/α,β-unsaturated/α-hetero) is 1. The van der Waals surface area contributed by atoms with Crippen LogP contribution in [-0.2, 0) is 5.41 Å². The smallest absolute Gasteiger partial charge is 0.180 e. The average molecular weight is 257 g/mol. The molecule has 0 N–H and O–H groups in total. The second kappa shape index (κ2) is 5.57. The Morgan fingerprint density at radius 2 is 1.84 bits per heavy atom. The summed E-state index contributed by atoms with van der Waals surface area (Å²) in [5.41, 5.74) is 2.76. The third-order valence-corrected chi connectivity index (χ3v) is 3.46. The van der Waals surface area contributed by atoms with Crippen LogP contribution in [0.3, 0.4) is 0 Å². The lowest BCUT2D eigenvalue weighted by Crippen LogP contribution is -2.21. The van der Waals surface area contributed by atoms with Crippen molar-refractivity contribution >= 4 is 5.78 Å². The summed E-state index contributed by atoms with van der Waals surface area (Å²) in [7, 11) is 0. The Kier molecular flexibility index (Phi) is 4.52. The van der Waals surface area contributed by atoms with E-state index in [9.17, 15) is 10.1 Å². The summed E-state index contributed by atoms with van der Waals surface area (Å²) in [5, 5.41) is 9.18. The van der Waals surface area contributed by atoms with Crippen LogP contribution in [0.4, 0.5) is 0 Å². The SMILES string of the molecule is Cc1ccc(C(C)(C)C)cc1C(=O)C(C#N)C(C)C. The zero-order valence-corrected chi connectivity index (χ0v) is 12.7. The van der Waals surface area contributed by atoms with Crippen LogP contribution in [0.5, 0.6) is 0 Å². The molecule has 0 radical (unpaired) electrons. The molecule has 2 nitrogen and oxygen atoms in total. The van der Waals surface area contributed by atoms with Crippen molar-refractivity contribution < 1.29 is 4.79 Å². The monoisotopic (exact) mass is 257 g/mol. The Bertz CT molecular complexity index is 515. The molecule has 1 aromatic carbocycles. The molecule has 0 saturated carbocycles. The van der Waals surface area contributed by atoms with Gasteiger partial charge in [0.2, 0.25) is 0 Å². The first-order valence-corrected chi connectivity index (χ1v) is 6.73. The van der Waals surface area contributed by atoms with Crippen molar-refractivity contribution in [3.05, 3.63) is 34.9 Å². The molecule has 102 valence electrons. The van der Waals surface area contributed by atoms with Gasteiger partial charge in [-0.1, -0.05) is 46.8 Å². The zero-order valence-electron chi connectivity index (χ0n) is 12.7. The van der Waals surface area contributed by atoms with Gasteiger partial charge in [-0.05, 0) is 35.4 Å². The zero-order chi connectivity index (χ0) is 14.8. The number of nitriles is 1. The predicted molar refractivity (Wildman–Crippen MR) is 78.2 cm³/mol. The summed E-state index contributed by atoms with van der Waals surface area (Å²) < 4.78 is 0. The van der Waals surface area contributed by atoms with Gasteiger partial charge in [0.1, 0.15) is 5.92 Å². The fourth-order valence-electron chi connectivity index (χ4n) is 2.03. The van der Waals surface area contributed by atoms with Crippen molar-refractivity contribution in [3.63, 3.8) is 0 Å². The summed E-state index contributed by atoms with van der Waals surface area (Å²) in [5.74, 6) is -0.579. The van der Waals surface area contributed by atoms with Gasteiger partial charge in [0.15, 0.2) is 5.78 Å². The van der Waals surface area contributed by atoms with E-state index in [1.54, 1.807) is 0 Å². The van der Waals surface area contributed by atoms with Gasteiger partial charge in [-0.3, -0.25) is 4.79 Å². The predicted octanol–water partition coefficient (Wildman–Crippen LogP) is 4.27. The van der Waals surface area contributed by atoms with Crippen molar-refractivity contribution in [2.24, 2.45) is 11.8 Å². The Labute approximate surface area is 116 Å². The van der Waals surface area contributed by atoms with E-state index in [1.807, 2.05) is 32.9 Å². The topological polar surface area (TPSA) is 40.9 Å². The summed E-state index contributed by atoms with van der Waals surface area (Å²) in [4.78, 5) is 12.5. The van der Waals surface area contributed by atoms with E-state index in [1.165, 1.54) is 0 Å². The van der Waals surface area contributed by atoms with Gasteiger partial charge in [0.25, 0.3) is 0 Å². The minimum Gasteiger partial charge on any atom is -0.293 e. The van der Waals surface area contributed by atoms with Crippen LogP contribution in [0.2, 0.25) is 0 Å². The molecule has 0 fully saturated rings. The third-order valence-electron chi connectivity index (χ3n) is 3.46. The molecule has 0 spiro atoms. The standard InChI is InChI=1S/C17H23NO/c1-11(2)15(10-18)16(19)14-9-13(17(4,5)6)8-7-12(14)3/h7-9,11,15H,1-6H3. The highest BCUT2D eigenvalue weighted by Gasteiger charge is 2.25. The minimum atomic E-state index is -0.561. The molecule has 1 rings (SSSR count). The second-order valence-corrected chi connectivity index (χ2v) is 6.49. The third kappa shape index (κ3) is 3.44. The molecule has 19 heavy (non-hydrogen) atoms. The average Bonchev–Trinajstić information content (AvgIpc) is 2.28. The van der Waals surface area contributed by atoms with E-state index in [2.05, 4.69) is 32.9 Å². The van der Waals surface area contributed by atoms with Gasteiger partial charge in [-0.15, -0.1) is 0 Å². The van der Waals surface area contributed by atoms with E-state index >= 15 is 0 Å². The van der Waals surface area contributed by atoms with Gasteiger partial charge in [0.05, 0.1) is 6.07 Å². The molecule has 0 saturated heterocycles. The van der Waals surface area contributed by atoms with E-state index in [0.717, 1.165) is 11.1 Å². The molecule has 0 aliphatic carbocycles. The van der Waals surface area contributed by atoms with Crippen molar-refractivity contribution in [3.8, 4) is 6.07 Å². The maximum absolute atomic E-state index is 12.5. The van der Waals surface area contributed by atoms with E-state index in [0.29, 0.717) is 5.56 Å². The van der Waals surface area contributed by atoms with Gasteiger partial charge in [0, 0.05) is 5.56 Å². The Morgan fingerprint density at radius 1 is 1.26 bits per heavy atom. The van der Waals surface area contributed by atoms with Crippen LogP contribution in [0.25, 0.3) is 0 Å². The van der Waals surface area contributed by atoms with Crippen molar-refractivity contribution in [1.29, 1.82) is 5.26 Å². The summed E-state index contributed by atoms with van der Waals surface area (Å²) in [6, 6.07) is 8.12. The van der Waals surface area contributed by atoms with Crippen molar-refractivity contribution in [1.82, 2.24) is 0 Å². The lowest BCUT2D eigenvalue weighted by Gasteiger charge is -2.21. The highest BCUT2D eigenvalue weighted by molar-refractivity contribution is 6.00. The molecule has 0 heterocycles. The number of benzene rings is 1. The molecule has 0 bridgehead atoms. The molecule has 0 aromatic heterocycles. The molecule has 2 heteroatoms. The van der Waals surface area contributed by atoms with Crippen LogP contribution in [0, 0.1) is 30.1 Å². The first kappa shape index (κ1) is 15.4. The summed E-state index contributed by atoms with van der Waals surface area (Å²) in [6.45, 7) is 12.1. The molecular weight excluding hydrogens is 234 g/mol. The number of carbonyl (C=O) groups is 1. The number of aryl methyl sites for hydroxylation is 1. The normalized spacial score (nSPS) is 13.2. The molecular formula is C17H23NO. The lowest BCUT2D eigenvalue weighted by molar-refractivity contribution is 0.0923. The van der Waals surface area contributed by atoms with Crippen LogP contribution in [0.15, 0.2) is 18.2 Å². The van der Waals surface area contributed by atoms with Gasteiger partial charge in [-0.2, -0.15) is 5.26 Å². The van der Waals surface area contributed by atoms with Crippen LogP contribution < -0.4 is 0 Å². The number of hydrogen-bond donors (Lipinski definition) is 0. The van der Waals surface area contributed by atoms with Gasteiger partial charge >= 0.3 is 0 Å². The molecule has 1 atom stereocenters. The van der Waals surface area contributed by atoms with Crippen LogP contribution >= 0.6 is 0 Å². The van der Waals surface area contributed by atoms with Crippen LogP contribution in [0.1, 0.15) is 56.1 Å². The number of rotatable bonds is 3. The molecule has 0 amide bonds. The first-order valence-electron chi connectivity index (χ1n) is 6.73. The summed E-state index contributed by atoms with van der Waals surface area (Å²) >= 11 is 0. The largest absolute Gasteiger partial charge is 0.293 e. The maximum Gasteiger partial charge on any atom is 0.180 e. The molecule has 1 aromatic rings. The number of carbonyl (C=O) groups excluding carboxylic acids is 1. The lowest BCUT2D eigenvalue weighted by atomic mass is 9.82. The fourth-order valence-corrected chi connectivity index (χ4v) is 2.03. The second-order valence-electron chi connectivity index (χ2n) is 6.49. The Hall–Kier alpha value is -1.62. The van der Waals surface area contributed by atoms with Gasteiger partial charge in [-0.25, -0.2) is 0 Å². The van der Waals surface area contributed by atoms with Crippen molar-refractivity contribution in [2.45, 2.75) is 47.0 Å². The maximum atomic E-state index is 12.5. The number of ketones is 1. The Balaban J connectivity index is 3.28. The van der Waals surface area contributed by atoms with Gasteiger partial charge < -0.3 is 0 Å². The van der Waals surface area contributed by atoms with E-state index in [4.69, 9.17) is 0 Å². The minimum absolute atomic E-state index is 0.00268. The summed E-state index contributed by atoms with van der Waals surface area (Å²) in [6.07, 6.45) is 0.